The van der Waals surface area contributed by atoms with Gasteiger partial charge in [-0.2, -0.15) is 0 Å². The largest absolute Gasteiger partial charge is 0.425 e. The summed E-state index contributed by atoms with van der Waals surface area (Å²) < 4.78 is 13.6. The second-order valence-electron chi connectivity index (χ2n) is 11.1. The number of carbonyl (C=O) groups excluding carboxylic acids is 2. The molecule has 0 aliphatic heterocycles. The van der Waals surface area contributed by atoms with E-state index in [1.165, 1.54) is 57.4 Å². The summed E-state index contributed by atoms with van der Waals surface area (Å²) in [5, 5.41) is 1.60. The van der Waals surface area contributed by atoms with Gasteiger partial charge in [0, 0.05) is 44.6 Å². The van der Waals surface area contributed by atoms with Gasteiger partial charge in [-0.15, -0.1) is 23.5 Å². The number of hydrogen-bond acceptors (Lipinski definition) is 8. The van der Waals surface area contributed by atoms with Crippen LogP contribution in [0.4, 0.5) is 0 Å². The smallest absolute Gasteiger partial charge is 0.383 e. The molecule has 0 aliphatic carbocycles. The Morgan fingerprint density at radius 3 is 1.26 bits per heavy atom. The highest BCUT2D eigenvalue weighted by molar-refractivity contribution is 8.00. The van der Waals surface area contributed by atoms with Crippen LogP contribution in [0, 0.1) is 0 Å². The summed E-state index contributed by atoms with van der Waals surface area (Å²) in [5.74, 6) is -2.77. The number of hydrogen-bond donors (Lipinski definition) is 0. The fourth-order valence-electron chi connectivity index (χ4n) is 4.94. The first-order chi connectivity index (χ1) is 25.9. The number of carbonyl (C=O) groups is 2. The van der Waals surface area contributed by atoms with Gasteiger partial charge in [0.05, 0.1) is 30.6 Å². The molecule has 278 valence electrons. The van der Waals surface area contributed by atoms with Gasteiger partial charge in [-0.25, -0.2) is 19.6 Å². The number of ether oxygens (including phenoxy) is 2. The lowest BCUT2D eigenvalue weighted by Crippen LogP contribution is -2.28. The standard InChI is InChI=1S/C36H22Cl8N4O4S2/c37-21-5-1-19(2-6-21)29(53-23-9-11-25(39)27(41)17-23)31(43)47-15-13-45-35(47)51-33(49)34(50)52-36-46-14-16-48(36)32(44)30(20-3-7-22(38)8-4-20)54-24-10-12-26(40)28(42)18-24/h1-18,29-32H. The van der Waals surface area contributed by atoms with Crippen molar-refractivity contribution in [2.75, 3.05) is 0 Å². The van der Waals surface area contributed by atoms with Crippen molar-refractivity contribution in [1.82, 2.24) is 19.1 Å². The Kier molecular flexibility index (Phi) is 14.0. The molecule has 0 fully saturated rings. The molecule has 54 heavy (non-hydrogen) atoms. The van der Waals surface area contributed by atoms with Crippen LogP contribution in [0.5, 0.6) is 12.0 Å². The first kappa shape index (κ1) is 40.9. The van der Waals surface area contributed by atoms with Crippen molar-refractivity contribution in [3.63, 3.8) is 0 Å². The molecule has 0 spiro atoms. The van der Waals surface area contributed by atoms with E-state index >= 15 is 0 Å². The van der Waals surface area contributed by atoms with Gasteiger partial charge in [0.25, 0.3) is 0 Å². The van der Waals surface area contributed by atoms with Crippen molar-refractivity contribution in [3.8, 4) is 12.0 Å². The van der Waals surface area contributed by atoms with Gasteiger partial charge in [0.1, 0.15) is 11.0 Å². The number of imidazole rings is 2. The number of aromatic nitrogens is 4. The molecule has 0 aliphatic rings. The van der Waals surface area contributed by atoms with Crippen molar-refractivity contribution in [2.24, 2.45) is 0 Å². The third-order valence-electron chi connectivity index (χ3n) is 7.54. The minimum atomic E-state index is -1.38. The number of nitrogens with zero attached hydrogens (tertiary/aromatic N) is 4. The van der Waals surface area contributed by atoms with Gasteiger partial charge in [0.2, 0.25) is 0 Å². The Morgan fingerprint density at radius 2 is 0.907 bits per heavy atom. The molecule has 6 aromatic rings. The molecule has 2 heterocycles. The van der Waals surface area contributed by atoms with Crippen LogP contribution in [0.25, 0.3) is 0 Å². The molecular formula is C36H22Cl8N4O4S2. The van der Waals surface area contributed by atoms with Crippen LogP contribution < -0.4 is 9.47 Å². The SMILES string of the molecule is O=C(Oc1nccn1C(Cl)C(Sc1ccc(Cl)c(Cl)c1)c1ccc(Cl)cc1)C(=O)Oc1nccn1C(Cl)C(Sc1ccc(Cl)c(Cl)c1)c1ccc(Cl)cc1. The zero-order chi connectivity index (χ0) is 38.5. The van der Waals surface area contributed by atoms with Crippen LogP contribution in [-0.2, 0) is 9.59 Å². The average Bonchev–Trinajstić information content (AvgIpc) is 3.82. The third-order valence-corrected chi connectivity index (χ3v) is 13.4. The minimum absolute atomic E-state index is 0.259. The molecule has 0 amide bonds. The minimum Gasteiger partial charge on any atom is -0.383 e. The van der Waals surface area contributed by atoms with Gasteiger partial charge in [-0.1, -0.05) is 117 Å². The highest BCUT2D eigenvalue weighted by Crippen LogP contribution is 2.48. The molecule has 2 aromatic heterocycles. The van der Waals surface area contributed by atoms with E-state index in [1.54, 1.807) is 60.7 Å². The monoisotopic (exact) mass is 918 g/mol. The number of rotatable bonds is 12. The van der Waals surface area contributed by atoms with E-state index in [0.29, 0.717) is 30.1 Å². The Bertz CT molecular complexity index is 2110. The molecule has 0 saturated carbocycles. The first-order valence-corrected chi connectivity index (χ1v) is 20.3. The Balaban J connectivity index is 1.20. The fourth-order valence-corrected chi connectivity index (χ4v) is 9.14. The van der Waals surface area contributed by atoms with E-state index in [9.17, 15) is 9.59 Å². The van der Waals surface area contributed by atoms with Crippen LogP contribution in [-0.4, -0.2) is 31.0 Å². The van der Waals surface area contributed by atoms with E-state index < -0.39 is 33.4 Å². The van der Waals surface area contributed by atoms with Crippen molar-refractivity contribution >= 4 is 128 Å². The quantitative estimate of drug-likeness (QED) is 0.0519. The molecule has 4 atom stereocenters. The summed E-state index contributed by atoms with van der Waals surface area (Å²) in [6, 6.07) is 24.1. The molecule has 6 rings (SSSR count). The molecule has 0 saturated heterocycles. The first-order valence-electron chi connectivity index (χ1n) is 15.4. The van der Waals surface area contributed by atoms with E-state index in [4.69, 9.17) is 102 Å². The number of benzene rings is 4. The van der Waals surface area contributed by atoms with Crippen molar-refractivity contribution in [2.45, 2.75) is 31.3 Å². The number of alkyl halides is 2. The maximum Gasteiger partial charge on any atom is 0.425 e. The Labute approximate surface area is 357 Å². The lowest BCUT2D eigenvalue weighted by atomic mass is 10.1. The van der Waals surface area contributed by atoms with Gasteiger partial charge in [-0.05, 0) is 71.8 Å². The lowest BCUT2D eigenvalue weighted by Gasteiger charge is -2.25. The maximum absolute atomic E-state index is 13.2. The van der Waals surface area contributed by atoms with Gasteiger partial charge < -0.3 is 9.47 Å². The summed E-state index contributed by atoms with van der Waals surface area (Å²) in [7, 11) is 0. The van der Waals surface area contributed by atoms with Crippen molar-refractivity contribution < 1.29 is 19.1 Å². The van der Waals surface area contributed by atoms with Crippen LogP contribution in [0.2, 0.25) is 30.1 Å². The topological polar surface area (TPSA) is 88.2 Å². The summed E-state index contributed by atoms with van der Waals surface area (Å²) in [5.41, 5.74) is -0.226. The summed E-state index contributed by atoms with van der Waals surface area (Å²) in [6.07, 6.45) is 5.77. The number of halogens is 8. The third kappa shape index (κ3) is 9.97. The highest BCUT2D eigenvalue weighted by Gasteiger charge is 2.32. The lowest BCUT2D eigenvalue weighted by molar-refractivity contribution is -0.157. The zero-order valence-electron chi connectivity index (χ0n) is 27.0. The predicted molar refractivity (Wildman–Crippen MR) is 219 cm³/mol. The van der Waals surface area contributed by atoms with E-state index in [2.05, 4.69) is 9.97 Å². The number of esters is 2. The molecular weight excluding hydrogens is 900 g/mol. The zero-order valence-corrected chi connectivity index (χ0v) is 34.6. The molecule has 4 aromatic carbocycles. The molecule has 18 heteroatoms. The average molecular weight is 922 g/mol. The van der Waals surface area contributed by atoms with Gasteiger partial charge in [-0.3, -0.25) is 9.13 Å². The van der Waals surface area contributed by atoms with Gasteiger partial charge >= 0.3 is 24.0 Å². The summed E-state index contributed by atoms with van der Waals surface area (Å²) in [4.78, 5) is 36.1. The molecule has 4 unspecified atom stereocenters. The van der Waals surface area contributed by atoms with E-state index in [1.807, 2.05) is 24.3 Å². The van der Waals surface area contributed by atoms with Crippen molar-refractivity contribution in [1.29, 1.82) is 0 Å². The fraction of sp³-hybridized carbons (Fsp3) is 0.111. The van der Waals surface area contributed by atoms with Crippen molar-refractivity contribution in [3.05, 3.63) is 151 Å². The van der Waals surface area contributed by atoms with Crippen LogP contribution in [0.1, 0.15) is 32.6 Å². The molecule has 0 radical (unpaired) electrons. The van der Waals surface area contributed by atoms with E-state index in [-0.39, 0.29) is 12.0 Å². The van der Waals surface area contributed by atoms with Crippen LogP contribution >= 0.6 is 116 Å². The van der Waals surface area contributed by atoms with E-state index in [0.717, 1.165) is 20.9 Å². The number of thioether (sulfide) groups is 2. The Hall–Kier alpha value is -2.74. The Morgan fingerprint density at radius 1 is 0.537 bits per heavy atom. The predicted octanol–water partition coefficient (Wildman–Crippen LogP) is 13.1. The highest BCUT2D eigenvalue weighted by atomic mass is 35.5. The van der Waals surface area contributed by atoms with Crippen LogP contribution in [0.3, 0.4) is 0 Å². The molecule has 0 bridgehead atoms. The summed E-state index contributed by atoms with van der Waals surface area (Å²) >= 11 is 54.0. The summed E-state index contributed by atoms with van der Waals surface area (Å²) in [6.45, 7) is 0. The molecule has 0 N–H and O–H groups in total. The second-order valence-corrected chi connectivity index (χ2v) is 16.9. The second kappa shape index (κ2) is 18.5. The van der Waals surface area contributed by atoms with Crippen LogP contribution in [0.15, 0.2) is 120 Å². The normalized spacial score (nSPS) is 13.6. The van der Waals surface area contributed by atoms with Gasteiger partial charge in [0.15, 0.2) is 0 Å². The molecule has 8 nitrogen and oxygen atoms in total. The maximum atomic E-state index is 13.2.